The second kappa shape index (κ2) is 5.96. The molecule has 2 saturated heterocycles. The zero-order valence-corrected chi connectivity index (χ0v) is 15.8. The molecule has 0 N–H and O–H groups in total. The van der Waals surface area contributed by atoms with Crippen LogP contribution in [0.15, 0.2) is 24.5 Å². The molecule has 3 aliphatic rings. The molecule has 2 atom stereocenters. The van der Waals surface area contributed by atoms with Crippen molar-refractivity contribution < 1.29 is 14.3 Å². The van der Waals surface area contributed by atoms with E-state index < -0.39 is 5.60 Å². The van der Waals surface area contributed by atoms with E-state index in [0.717, 1.165) is 25.9 Å². The Hall–Kier alpha value is -2.11. The van der Waals surface area contributed by atoms with Crippen molar-refractivity contribution in [2.75, 3.05) is 26.2 Å². The molecule has 1 aliphatic carbocycles. The van der Waals surface area contributed by atoms with Crippen LogP contribution in [0, 0.1) is 11.3 Å². The minimum atomic E-state index is -0.467. The quantitative estimate of drug-likeness (QED) is 0.816. The molecule has 2 aliphatic heterocycles. The molecule has 0 unspecified atom stereocenters. The van der Waals surface area contributed by atoms with Crippen LogP contribution in [-0.4, -0.2) is 58.6 Å². The number of rotatable bonds is 2. The normalized spacial score (nSPS) is 26.6. The van der Waals surface area contributed by atoms with Crippen molar-refractivity contribution in [1.29, 1.82) is 0 Å². The Kier molecular flexibility index (Phi) is 3.97. The van der Waals surface area contributed by atoms with Crippen molar-refractivity contribution in [1.82, 2.24) is 14.8 Å². The topological polar surface area (TPSA) is 62.7 Å². The van der Waals surface area contributed by atoms with E-state index in [4.69, 9.17) is 4.74 Å². The number of aromatic nitrogens is 1. The summed E-state index contributed by atoms with van der Waals surface area (Å²) in [4.78, 5) is 32.9. The third-order valence-electron chi connectivity index (χ3n) is 5.67. The third kappa shape index (κ3) is 3.29. The lowest BCUT2D eigenvalue weighted by atomic mass is 9.79. The van der Waals surface area contributed by atoms with Crippen LogP contribution in [0.25, 0.3) is 0 Å². The van der Waals surface area contributed by atoms with Crippen LogP contribution in [-0.2, 0) is 9.53 Å². The summed E-state index contributed by atoms with van der Waals surface area (Å²) < 4.78 is 5.43. The van der Waals surface area contributed by atoms with Crippen molar-refractivity contribution in [2.24, 2.45) is 11.3 Å². The predicted octanol–water partition coefficient (Wildman–Crippen LogP) is 2.65. The fourth-order valence-electron chi connectivity index (χ4n) is 4.27. The maximum Gasteiger partial charge on any atom is 0.410 e. The number of nitrogens with zero attached hydrogens (tertiary/aromatic N) is 3. The number of carbonyl (C=O) groups is 2. The van der Waals surface area contributed by atoms with Gasteiger partial charge in [0, 0.05) is 49.9 Å². The smallest absolute Gasteiger partial charge is 0.410 e. The van der Waals surface area contributed by atoms with Gasteiger partial charge in [0.05, 0.1) is 0 Å². The van der Waals surface area contributed by atoms with E-state index in [2.05, 4.69) is 11.1 Å². The summed E-state index contributed by atoms with van der Waals surface area (Å²) in [5.41, 5.74) is 0.773. The van der Waals surface area contributed by atoms with Gasteiger partial charge in [-0.1, -0.05) is 6.07 Å². The zero-order valence-electron chi connectivity index (χ0n) is 15.8. The third-order valence-corrected chi connectivity index (χ3v) is 5.67. The maximum absolute atomic E-state index is 12.8. The molecule has 140 valence electrons. The summed E-state index contributed by atoms with van der Waals surface area (Å²) in [5.74, 6) is 0.704. The van der Waals surface area contributed by atoms with Crippen molar-refractivity contribution >= 4 is 12.0 Å². The Bertz CT molecular complexity index is 707. The average Bonchev–Trinajstić information content (AvgIpc) is 3.22. The molecule has 6 nitrogen and oxygen atoms in total. The van der Waals surface area contributed by atoms with E-state index in [1.807, 2.05) is 37.9 Å². The Balaban J connectivity index is 1.29. The molecule has 3 fully saturated rings. The summed E-state index contributed by atoms with van der Waals surface area (Å²) in [6.07, 6.45) is 5.29. The molecule has 0 aromatic carbocycles. The van der Waals surface area contributed by atoms with Gasteiger partial charge >= 0.3 is 6.09 Å². The zero-order chi connectivity index (χ0) is 18.5. The van der Waals surface area contributed by atoms with Crippen molar-refractivity contribution in [3.05, 3.63) is 30.1 Å². The largest absolute Gasteiger partial charge is 0.444 e. The van der Waals surface area contributed by atoms with Crippen LogP contribution in [0.5, 0.6) is 0 Å². The summed E-state index contributed by atoms with van der Waals surface area (Å²) in [6.45, 7) is 8.60. The van der Waals surface area contributed by atoms with Crippen molar-refractivity contribution in [2.45, 2.75) is 45.1 Å². The SMILES string of the molecule is CC(C)(C)OC(=O)N1CC2(CCN(C(=O)[C@H]3C[C@@H]3c3cccnc3)C2)C1. The van der Waals surface area contributed by atoms with Crippen molar-refractivity contribution in [3.63, 3.8) is 0 Å². The van der Waals surface area contributed by atoms with E-state index in [0.29, 0.717) is 19.0 Å². The standard InChI is InChI=1S/C20H27N3O3/c1-19(2,3)26-18(25)23-12-20(13-23)6-8-22(11-20)17(24)16-9-15(16)14-5-4-7-21-10-14/h4-5,7,10,15-16H,6,8-9,11-13H2,1-3H3/t15-,16+/m1/s1. The van der Waals surface area contributed by atoms with E-state index in [-0.39, 0.29) is 23.3 Å². The number of carbonyl (C=O) groups excluding carboxylic acids is 2. The van der Waals surface area contributed by atoms with Gasteiger partial charge in [-0.25, -0.2) is 4.79 Å². The van der Waals surface area contributed by atoms with Gasteiger partial charge in [-0.15, -0.1) is 0 Å². The first-order valence-corrected chi connectivity index (χ1v) is 9.43. The second-order valence-corrected chi connectivity index (χ2v) is 9.08. The lowest BCUT2D eigenvalue weighted by Crippen LogP contribution is -2.60. The molecule has 0 bridgehead atoms. The highest BCUT2D eigenvalue weighted by Crippen LogP contribution is 2.50. The molecule has 0 radical (unpaired) electrons. The van der Waals surface area contributed by atoms with Crippen LogP contribution in [0.1, 0.15) is 45.1 Å². The van der Waals surface area contributed by atoms with Gasteiger partial charge in [-0.3, -0.25) is 9.78 Å². The summed E-state index contributed by atoms with van der Waals surface area (Å²) >= 11 is 0. The molecule has 26 heavy (non-hydrogen) atoms. The van der Waals surface area contributed by atoms with Gasteiger partial charge in [0.1, 0.15) is 5.60 Å². The lowest BCUT2D eigenvalue weighted by Gasteiger charge is -2.47. The van der Waals surface area contributed by atoms with Gasteiger partial charge in [-0.05, 0) is 51.2 Å². The van der Waals surface area contributed by atoms with Gasteiger partial charge in [-0.2, -0.15) is 0 Å². The Morgan fingerprint density at radius 2 is 1.96 bits per heavy atom. The second-order valence-electron chi connectivity index (χ2n) is 9.08. The van der Waals surface area contributed by atoms with E-state index >= 15 is 0 Å². The van der Waals surface area contributed by atoms with Gasteiger partial charge < -0.3 is 14.5 Å². The minimum Gasteiger partial charge on any atom is -0.444 e. The number of amides is 2. The molecule has 1 saturated carbocycles. The van der Waals surface area contributed by atoms with E-state index in [1.54, 1.807) is 11.1 Å². The number of hydrogen-bond donors (Lipinski definition) is 0. The minimum absolute atomic E-state index is 0.0747. The maximum atomic E-state index is 12.8. The fourth-order valence-corrected chi connectivity index (χ4v) is 4.27. The Morgan fingerprint density at radius 1 is 1.23 bits per heavy atom. The molecular weight excluding hydrogens is 330 g/mol. The number of pyridine rings is 1. The predicted molar refractivity (Wildman–Crippen MR) is 96.5 cm³/mol. The molecule has 4 rings (SSSR count). The number of likely N-dealkylation sites (tertiary alicyclic amines) is 2. The molecule has 1 spiro atoms. The summed E-state index contributed by atoms with van der Waals surface area (Å²) in [5, 5.41) is 0. The van der Waals surface area contributed by atoms with Crippen LogP contribution in [0.2, 0.25) is 0 Å². The highest BCUT2D eigenvalue weighted by Gasteiger charge is 2.54. The van der Waals surface area contributed by atoms with Crippen LogP contribution < -0.4 is 0 Å². The first kappa shape index (κ1) is 17.3. The highest BCUT2D eigenvalue weighted by atomic mass is 16.6. The lowest BCUT2D eigenvalue weighted by molar-refractivity contribution is -0.132. The van der Waals surface area contributed by atoms with Gasteiger partial charge in [0.25, 0.3) is 0 Å². The average molecular weight is 357 g/mol. The Morgan fingerprint density at radius 3 is 2.62 bits per heavy atom. The summed E-state index contributed by atoms with van der Waals surface area (Å²) in [6, 6.07) is 3.99. The monoisotopic (exact) mass is 357 g/mol. The fraction of sp³-hybridized carbons (Fsp3) is 0.650. The molecule has 1 aromatic rings. The highest BCUT2D eigenvalue weighted by molar-refractivity contribution is 5.83. The van der Waals surface area contributed by atoms with Gasteiger partial charge in [0.15, 0.2) is 0 Å². The first-order valence-electron chi connectivity index (χ1n) is 9.43. The number of hydrogen-bond acceptors (Lipinski definition) is 4. The molecule has 6 heteroatoms. The Labute approximate surface area is 154 Å². The van der Waals surface area contributed by atoms with Crippen LogP contribution >= 0.6 is 0 Å². The molecule has 1 aromatic heterocycles. The van der Waals surface area contributed by atoms with E-state index in [1.165, 1.54) is 5.56 Å². The van der Waals surface area contributed by atoms with E-state index in [9.17, 15) is 9.59 Å². The van der Waals surface area contributed by atoms with Crippen LogP contribution in [0.4, 0.5) is 4.79 Å². The molecule has 2 amide bonds. The molecular formula is C20H27N3O3. The van der Waals surface area contributed by atoms with Crippen LogP contribution in [0.3, 0.4) is 0 Å². The van der Waals surface area contributed by atoms with Crippen molar-refractivity contribution in [3.8, 4) is 0 Å². The molecule has 3 heterocycles. The number of ether oxygens (including phenoxy) is 1. The van der Waals surface area contributed by atoms with Gasteiger partial charge in [0.2, 0.25) is 5.91 Å². The first-order chi connectivity index (χ1) is 12.3. The summed E-state index contributed by atoms with van der Waals surface area (Å²) in [7, 11) is 0.